The van der Waals surface area contributed by atoms with Crippen molar-refractivity contribution < 1.29 is 19.4 Å². The number of halogens is 1. The number of carbonyl (C=O) groups excluding carboxylic acids is 1. The Morgan fingerprint density at radius 2 is 1.90 bits per heavy atom. The van der Waals surface area contributed by atoms with Gasteiger partial charge in [0.25, 0.3) is 0 Å². The van der Waals surface area contributed by atoms with Crippen molar-refractivity contribution in [1.29, 1.82) is 0 Å². The Labute approximate surface area is 126 Å². The van der Waals surface area contributed by atoms with Crippen LogP contribution in [0.5, 0.6) is 0 Å². The maximum atomic E-state index is 12.5. The van der Waals surface area contributed by atoms with Crippen LogP contribution in [0, 0.1) is 18.8 Å². The molecule has 0 aromatic heterocycles. The molecule has 110 valence electrons. The highest BCUT2D eigenvalue weighted by atomic mass is 35.5. The number of carbonyl (C=O) groups is 2. The van der Waals surface area contributed by atoms with Crippen molar-refractivity contribution in [3.05, 3.63) is 40.9 Å². The van der Waals surface area contributed by atoms with Crippen LogP contribution in [-0.2, 0) is 14.3 Å². The first-order valence-electron chi connectivity index (χ1n) is 6.61. The highest BCUT2D eigenvalue weighted by Gasteiger charge is 2.53. The van der Waals surface area contributed by atoms with E-state index in [9.17, 15) is 14.7 Å². The lowest BCUT2D eigenvalue weighted by molar-refractivity contribution is -0.145. The van der Waals surface area contributed by atoms with Crippen LogP contribution in [0.15, 0.2) is 30.4 Å². The summed E-state index contributed by atoms with van der Waals surface area (Å²) in [6.07, 6.45) is 2.45. The molecule has 2 aliphatic rings. The molecule has 2 N–H and O–H groups in total. The van der Waals surface area contributed by atoms with Crippen LogP contribution in [0.25, 0.3) is 0 Å². The summed E-state index contributed by atoms with van der Waals surface area (Å²) < 4.78 is 5.49. The van der Waals surface area contributed by atoms with Crippen LogP contribution < -0.4 is 5.32 Å². The van der Waals surface area contributed by atoms with Crippen LogP contribution >= 0.6 is 11.6 Å². The summed E-state index contributed by atoms with van der Waals surface area (Å²) in [6.45, 7) is 1.80. The van der Waals surface area contributed by atoms with Gasteiger partial charge in [-0.2, -0.15) is 0 Å². The van der Waals surface area contributed by atoms with Crippen molar-refractivity contribution in [2.24, 2.45) is 11.8 Å². The molecule has 0 radical (unpaired) electrons. The van der Waals surface area contributed by atoms with Crippen LogP contribution in [0.2, 0.25) is 5.02 Å². The minimum atomic E-state index is -1.02. The van der Waals surface area contributed by atoms with Gasteiger partial charge >= 0.3 is 5.97 Å². The van der Waals surface area contributed by atoms with Crippen LogP contribution in [0.4, 0.5) is 5.69 Å². The van der Waals surface area contributed by atoms with Gasteiger partial charge in [-0.15, -0.1) is 0 Å². The number of carboxylic acids is 1. The second-order valence-corrected chi connectivity index (χ2v) is 5.65. The third-order valence-electron chi connectivity index (χ3n) is 4.01. The fourth-order valence-corrected chi connectivity index (χ4v) is 3.05. The minimum Gasteiger partial charge on any atom is -0.481 e. The van der Waals surface area contributed by atoms with Gasteiger partial charge in [0.1, 0.15) is 5.92 Å². The molecule has 1 saturated heterocycles. The number of fused-ring (bicyclic) bond motifs is 2. The summed E-state index contributed by atoms with van der Waals surface area (Å²) in [5.41, 5.74) is 1.34. The van der Waals surface area contributed by atoms with Gasteiger partial charge in [-0.25, -0.2) is 0 Å². The van der Waals surface area contributed by atoms with E-state index in [1.807, 2.05) is 0 Å². The summed E-state index contributed by atoms with van der Waals surface area (Å²) in [5, 5.41) is 12.6. The molecular formula is C15H14ClNO4. The molecule has 3 rings (SSSR count). The number of anilines is 1. The summed E-state index contributed by atoms with van der Waals surface area (Å²) in [7, 11) is 0. The van der Waals surface area contributed by atoms with Crippen molar-refractivity contribution in [2.45, 2.75) is 19.1 Å². The van der Waals surface area contributed by atoms with Crippen molar-refractivity contribution in [2.75, 3.05) is 5.32 Å². The van der Waals surface area contributed by atoms with E-state index in [0.717, 1.165) is 5.56 Å². The smallest absolute Gasteiger partial charge is 0.310 e. The molecule has 0 aliphatic carbocycles. The van der Waals surface area contributed by atoms with E-state index in [4.69, 9.17) is 16.3 Å². The van der Waals surface area contributed by atoms with Crippen molar-refractivity contribution in [3.63, 3.8) is 0 Å². The zero-order valence-corrected chi connectivity index (χ0v) is 12.0. The van der Waals surface area contributed by atoms with Gasteiger partial charge < -0.3 is 15.2 Å². The lowest BCUT2D eigenvalue weighted by Gasteiger charge is -2.21. The monoisotopic (exact) mass is 307 g/mol. The molecule has 1 aromatic rings. The number of rotatable bonds is 3. The lowest BCUT2D eigenvalue weighted by atomic mass is 9.82. The number of nitrogens with one attached hydrogen (secondary N) is 1. The van der Waals surface area contributed by atoms with Crippen LogP contribution in [-0.4, -0.2) is 29.2 Å². The number of hydrogen-bond acceptors (Lipinski definition) is 3. The van der Waals surface area contributed by atoms with Gasteiger partial charge in [0, 0.05) is 10.7 Å². The number of amides is 1. The largest absolute Gasteiger partial charge is 0.481 e. The predicted octanol–water partition coefficient (Wildman–Crippen LogP) is 2.24. The minimum absolute atomic E-state index is 0.357. The Morgan fingerprint density at radius 1 is 1.24 bits per heavy atom. The summed E-state index contributed by atoms with van der Waals surface area (Å²) in [6, 6.07) is 5.20. The molecule has 2 aliphatic heterocycles. The highest BCUT2D eigenvalue weighted by molar-refractivity contribution is 6.31. The van der Waals surface area contributed by atoms with Gasteiger partial charge in [-0.3, -0.25) is 9.59 Å². The third kappa shape index (κ3) is 2.32. The van der Waals surface area contributed by atoms with E-state index in [2.05, 4.69) is 5.32 Å². The average molecular weight is 308 g/mol. The molecule has 5 nitrogen and oxygen atoms in total. The molecule has 1 amide bonds. The van der Waals surface area contributed by atoms with Gasteiger partial charge in [-0.1, -0.05) is 29.8 Å². The lowest BCUT2D eigenvalue weighted by Crippen LogP contribution is -2.39. The second-order valence-electron chi connectivity index (χ2n) is 5.24. The molecule has 21 heavy (non-hydrogen) atoms. The van der Waals surface area contributed by atoms with Crippen molar-refractivity contribution in [1.82, 2.24) is 0 Å². The molecular weight excluding hydrogens is 294 g/mol. The summed E-state index contributed by atoms with van der Waals surface area (Å²) in [4.78, 5) is 23.8. The fraction of sp³-hybridized carbons (Fsp3) is 0.333. The predicted molar refractivity (Wildman–Crippen MR) is 77.2 cm³/mol. The van der Waals surface area contributed by atoms with E-state index >= 15 is 0 Å². The second kappa shape index (κ2) is 5.16. The van der Waals surface area contributed by atoms with E-state index in [-0.39, 0.29) is 5.91 Å². The molecule has 6 heteroatoms. The summed E-state index contributed by atoms with van der Waals surface area (Å²) >= 11 is 6.02. The number of ether oxygens (including phenoxy) is 1. The Kier molecular flexibility index (Phi) is 3.47. The number of aliphatic carboxylic acids is 1. The normalized spacial score (nSPS) is 29.6. The molecule has 1 fully saturated rings. The molecule has 0 spiro atoms. The first-order chi connectivity index (χ1) is 9.99. The van der Waals surface area contributed by atoms with E-state index in [0.29, 0.717) is 10.7 Å². The SMILES string of the molecule is Cc1c(Cl)cccc1NC(=O)[C@@H]1[C@H](C(=O)O)[C@H]2C=C[C@H]1O2. The zero-order chi connectivity index (χ0) is 15.1. The van der Waals surface area contributed by atoms with Crippen LogP contribution in [0.1, 0.15) is 5.56 Å². The number of hydrogen-bond donors (Lipinski definition) is 2. The molecule has 2 heterocycles. The van der Waals surface area contributed by atoms with E-state index in [1.165, 1.54) is 0 Å². The Hall–Kier alpha value is -1.85. The van der Waals surface area contributed by atoms with E-state index in [1.54, 1.807) is 37.3 Å². The average Bonchev–Trinajstić information content (AvgIpc) is 3.04. The third-order valence-corrected chi connectivity index (χ3v) is 4.42. The zero-order valence-electron chi connectivity index (χ0n) is 11.2. The van der Waals surface area contributed by atoms with Gasteiger partial charge in [0.05, 0.1) is 18.1 Å². The fourth-order valence-electron chi connectivity index (χ4n) is 2.87. The maximum Gasteiger partial charge on any atom is 0.310 e. The molecule has 0 saturated carbocycles. The molecule has 2 bridgehead atoms. The highest BCUT2D eigenvalue weighted by Crippen LogP contribution is 2.40. The topological polar surface area (TPSA) is 75.6 Å². The van der Waals surface area contributed by atoms with Crippen LogP contribution in [0.3, 0.4) is 0 Å². The van der Waals surface area contributed by atoms with E-state index < -0.39 is 30.0 Å². The van der Waals surface area contributed by atoms with Gasteiger partial charge in [0.2, 0.25) is 5.91 Å². The number of carboxylic acid groups (broad SMARTS) is 1. The Balaban J connectivity index is 1.84. The molecule has 0 unspecified atom stereocenters. The summed E-state index contributed by atoms with van der Waals surface area (Å²) in [5.74, 6) is -2.95. The van der Waals surface area contributed by atoms with Gasteiger partial charge in [-0.05, 0) is 24.6 Å². The molecule has 4 atom stereocenters. The standard InChI is InChI=1S/C15H14ClNO4/c1-7-8(16)3-2-4-9(7)17-14(18)12-10-5-6-11(21-10)13(12)15(19)20/h2-6,10-13H,1H3,(H,17,18)(H,19,20)/t10-,11-,12+,13-/m1/s1. The maximum absolute atomic E-state index is 12.5. The molecule has 1 aromatic carbocycles. The Bertz CT molecular complexity index is 643. The Morgan fingerprint density at radius 3 is 2.57 bits per heavy atom. The quantitative estimate of drug-likeness (QED) is 0.840. The van der Waals surface area contributed by atoms with Gasteiger partial charge in [0.15, 0.2) is 0 Å². The first kappa shape index (κ1) is 14.1. The first-order valence-corrected chi connectivity index (χ1v) is 6.99. The number of benzene rings is 1. The van der Waals surface area contributed by atoms with Crippen molar-refractivity contribution in [3.8, 4) is 0 Å². The van der Waals surface area contributed by atoms with Crippen molar-refractivity contribution >= 4 is 29.2 Å².